The predicted molar refractivity (Wildman–Crippen MR) is 84.6 cm³/mol. The highest BCUT2D eigenvalue weighted by atomic mass is 16.5. The molecule has 0 unspecified atom stereocenters. The smallest absolute Gasteiger partial charge is 0.226 e. The number of carbonyl (C=O) groups excluding carboxylic acids is 1. The molecule has 1 amide bonds. The molecule has 4 nitrogen and oxygen atoms in total. The summed E-state index contributed by atoms with van der Waals surface area (Å²) in [5, 5.41) is 6.23. The number of amides is 1. The van der Waals surface area contributed by atoms with Crippen molar-refractivity contribution in [3.63, 3.8) is 0 Å². The van der Waals surface area contributed by atoms with Crippen molar-refractivity contribution in [1.29, 1.82) is 0 Å². The summed E-state index contributed by atoms with van der Waals surface area (Å²) in [5.74, 6) is 1.60. The predicted octanol–water partition coefficient (Wildman–Crippen LogP) is 2.30. The molecule has 0 atom stereocenters. The molecule has 1 aromatic carbocycles. The van der Waals surface area contributed by atoms with Gasteiger partial charge in [0.2, 0.25) is 5.91 Å². The summed E-state index contributed by atoms with van der Waals surface area (Å²) in [6, 6.07) is 8.81. The van der Waals surface area contributed by atoms with Gasteiger partial charge in [-0.1, -0.05) is 12.1 Å². The molecule has 0 saturated heterocycles. The fourth-order valence-electron chi connectivity index (χ4n) is 2.77. The van der Waals surface area contributed by atoms with Crippen molar-refractivity contribution in [2.45, 2.75) is 38.6 Å². The quantitative estimate of drug-likeness (QED) is 0.845. The van der Waals surface area contributed by atoms with Gasteiger partial charge in [0.05, 0.1) is 12.5 Å². The summed E-state index contributed by atoms with van der Waals surface area (Å²) in [6.07, 6.45) is 2.24. The van der Waals surface area contributed by atoms with Gasteiger partial charge in [-0.3, -0.25) is 4.79 Å². The first kappa shape index (κ1) is 15.8. The number of methoxy groups -OCH3 is 1. The van der Waals surface area contributed by atoms with Crippen molar-refractivity contribution >= 4 is 5.91 Å². The highest BCUT2D eigenvalue weighted by molar-refractivity contribution is 5.81. The Bertz CT molecular complexity index is 493. The van der Waals surface area contributed by atoms with Gasteiger partial charge in [0.1, 0.15) is 5.75 Å². The van der Waals surface area contributed by atoms with Gasteiger partial charge in [-0.15, -0.1) is 0 Å². The molecule has 0 bridgehead atoms. The van der Waals surface area contributed by atoms with Crippen LogP contribution in [-0.2, 0) is 4.79 Å². The van der Waals surface area contributed by atoms with Crippen molar-refractivity contribution in [1.82, 2.24) is 10.6 Å². The van der Waals surface area contributed by atoms with Gasteiger partial charge in [0, 0.05) is 19.6 Å². The second-order valence-electron chi connectivity index (χ2n) is 6.49. The number of carbonyl (C=O) groups is 1. The van der Waals surface area contributed by atoms with E-state index in [1.54, 1.807) is 14.2 Å². The molecule has 4 heteroatoms. The Morgan fingerprint density at radius 2 is 2.10 bits per heavy atom. The number of hydrogen-bond donors (Lipinski definition) is 2. The fraction of sp³-hybridized carbons (Fsp3) is 0.588. The Morgan fingerprint density at radius 1 is 1.38 bits per heavy atom. The molecule has 2 rings (SSSR count). The van der Waals surface area contributed by atoms with E-state index in [0.717, 1.165) is 18.6 Å². The first-order chi connectivity index (χ1) is 9.96. The highest BCUT2D eigenvalue weighted by Crippen LogP contribution is 2.38. The van der Waals surface area contributed by atoms with E-state index in [9.17, 15) is 4.79 Å². The summed E-state index contributed by atoms with van der Waals surface area (Å²) in [6.45, 7) is 4.65. The highest BCUT2D eigenvalue weighted by Gasteiger charge is 2.33. The van der Waals surface area contributed by atoms with Gasteiger partial charge >= 0.3 is 0 Å². The molecule has 2 N–H and O–H groups in total. The van der Waals surface area contributed by atoms with Crippen LogP contribution in [0.25, 0.3) is 0 Å². The fourth-order valence-corrected chi connectivity index (χ4v) is 2.77. The second-order valence-corrected chi connectivity index (χ2v) is 6.49. The standard InChI is InChI=1S/C17H26N2O2/c1-17(2,16(20)18-3)11-19-14-8-13(9-14)12-6-5-7-15(10-12)21-4/h5-7,10,13-14,19H,8-9,11H2,1-4H3,(H,18,20). The van der Waals surface area contributed by atoms with E-state index in [0.29, 0.717) is 18.5 Å². The van der Waals surface area contributed by atoms with E-state index in [4.69, 9.17) is 4.74 Å². The Hall–Kier alpha value is -1.55. The molecule has 1 aliphatic rings. The van der Waals surface area contributed by atoms with E-state index in [-0.39, 0.29) is 11.3 Å². The maximum absolute atomic E-state index is 11.7. The van der Waals surface area contributed by atoms with Crippen LogP contribution < -0.4 is 15.4 Å². The van der Waals surface area contributed by atoms with Crippen molar-refractivity contribution in [3.8, 4) is 5.75 Å². The molecule has 0 radical (unpaired) electrons. The first-order valence-corrected chi connectivity index (χ1v) is 7.56. The minimum atomic E-state index is -0.365. The van der Waals surface area contributed by atoms with Crippen LogP contribution in [0.1, 0.15) is 38.2 Å². The maximum Gasteiger partial charge on any atom is 0.226 e. The lowest BCUT2D eigenvalue weighted by Crippen LogP contribution is -2.48. The first-order valence-electron chi connectivity index (χ1n) is 7.56. The summed E-state index contributed by atoms with van der Waals surface area (Å²) in [7, 11) is 3.39. The minimum Gasteiger partial charge on any atom is -0.497 e. The van der Waals surface area contributed by atoms with Crippen molar-refractivity contribution < 1.29 is 9.53 Å². The largest absolute Gasteiger partial charge is 0.497 e. The van der Waals surface area contributed by atoms with Gasteiger partial charge in [-0.25, -0.2) is 0 Å². The summed E-state index contributed by atoms with van der Waals surface area (Å²) >= 11 is 0. The number of benzene rings is 1. The summed E-state index contributed by atoms with van der Waals surface area (Å²) < 4.78 is 5.27. The SMILES string of the molecule is CNC(=O)C(C)(C)CNC1CC(c2cccc(OC)c2)C1. The molecule has 1 aromatic rings. The summed E-state index contributed by atoms with van der Waals surface area (Å²) in [4.78, 5) is 11.7. The van der Waals surface area contributed by atoms with Crippen LogP contribution in [0.5, 0.6) is 5.75 Å². The van der Waals surface area contributed by atoms with E-state index in [1.165, 1.54) is 5.56 Å². The van der Waals surface area contributed by atoms with Crippen LogP contribution in [0, 0.1) is 5.41 Å². The van der Waals surface area contributed by atoms with Gasteiger partial charge in [-0.05, 0) is 50.3 Å². The van der Waals surface area contributed by atoms with Gasteiger partial charge in [0.25, 0.3) is 0 Å². The van der Waals surface area contributed by atoms with Crippen LogP contribution >= 0.6 is 0 Å². The topological polar surface area (TPSA) is 50.4 Å². The monoisotopic (exact) mass is 290 g/mol. The Kier molecular flexibility index (Phi) is 4.88. The number of nitrogens with one attached hydrogen (secondary N) is 2. The lowest BCUT2D eigenvalue weighted by molar-refractivity contribution is -0.128. The van der Waals surface area contributed by atoms with E-state index in [1.807, 2.05) is 26.0 Å². The molecule has 116 valence electrons. The zero-order valence-corrected chi connectivity index (χ0v) is 13.4. The van der Waals surface area contributed by atoms with Crippen molar-refractivity contribution in [2.75, 3.05) is 20.7 Å². The maximum atomic E-state index is 11.7. The molecule has 1 fully saturated rings. The van der Waals surface area contributed by atoms with Gasteiger partial charge in [-0.2, -0.15) is 0 Å². The molecule has 0 spiro atoms. The minimum absolute atomic E-state index is 0.0821. The lowest BCUT2D eigenvalue weighted by Gasteiger charge is -2.38. The molecule has 0 aliphatic heterocycles. The molecule has 21 heavy (non-hydrogen) atoms. The molecule has 1 saturated carbocycles. The zero-order valence-electron chi connectivity index (χ0n) is 13.4. The van der Waals surface area contributed by atoms with E-state index in [2.05, 4.69) is 22.8 Å². The molecule has 0 heterocycles. The Labute approximate surface area is 127 Å². The third-order valence-electron chi connectivity index (χ3n) is 4.38. The van der Waals surface area contributed by atoms with Crippen LogP contribution in [-0.4, -0.2) is 32.7 Å². The summed E-state index contributed by atoms with van der Waals surface area (Å²) in [5.41, 5.74) is 0.980. The lowest BCUT2D eigenvalue weighted by atomic mass is 9.75. The molecule has 1 aliphatic carbocycles. The third-order valence-corrected chi connectivity index (χ3v) is 4.38. The number of hydrogen-bond acceptors (Lipinski definition) is 3. The van der Waals surface area contributed by atoms with Crippen LogP contribution in [0.4, 0.5) is 0 Å². The van der Waals surface area contributed by atoms with Crippen LogP contribution in [0.15, 0.2) is 24.3 Å². The molecular formula is C17H26N2O2. The average Bonchev–Trinajstić information content (AvgIpc) is 2.44. The van der Waals surface area contributed by atoms with Crippen LogP contribution in [0.3, 0.4) is 0 Å². The zero-order chi connectivity index (χ0) is 15.5. The molecular weight excluding hydrogens is 264 g/mol. The number of ether oxygens (including phenoxy) is 1. The van der Waals surface area contributed by atoms with E-state index >= 15 is 0 Å². The Balaban J connectivity index is 1.80. The Morgan fingerprint density at radius 3 is 2.71 bits per heavy atom. The van der Waals surface area contributed by atoms with Crippen LogP contribution in [0.2, 0.25) is 0 Å². The second kappa shape index (κ2) is 6.48. The van der Waals surface area contributed by atoms with Crippen molar-refractivity contribution in [3.05, 3.63) is 29.8 Å². The van der Waals surface area contributed by atoms with Gasteiger partial charge < -0.3 is 15.4 Å². The number of rotatable bonds is 6. The normalized spacial score (nSPS) is 21.5. The average molecular weight is 290 g/mol. The third kappa shape index (κ3) is 3.76. The van der Waals surface area contributed by atoms with Crippen molar-refractivity contribution in [2.24, 2.45) is 5.41 Å². The van der Waals surface area contributed by atoms with E-state index < -0.39 is 0 Å². The van der Waals surface area contributed by atoms with Gasteiger partial charge in [0.15, 0.2) is 0 Å². The molecule has 0 aromatic heterocycles.